The standard InChI is InChI=1S/C13H9F4N5.C8H15NO3S/c14-7-3-9(22-10(7)5-20-13(18)21-22)12-8(15)1-6(4-19-12)2-11(16)17;10-7-2-1-5-9(6-7)13(11,12)8-3-4-8/h1,3-5,11H,2H2,(H2,18,21);7-8,10H,1-6H2. The molecule has 4 heterocycles. The molecule has 0 amide bonds. The van der Waals surface area contributed by atoms with Crippen LogP contribution in [0, 0.1) is 11.6 Å². The largest absolute Gasteiger partial charge is 0.392 e. The summed E-state index contributed by atoms with van der Waals surface area (Å²) in [4.78, 5) is 7.45. The average Bonchev–Trinajstić information content (AvgIpc) is 3.60. The molecule has 1 saturated carbocycles. The molecule has 9 nitrogen and oxygen atoms in total. The minimum Gasteiger partial charge on any atom is -0.392 e. The lowest BCUT2D eigenvalue weighted by Crippen LogP contribution is -2.43. The minimum absolute atomic E-state index is 0.00190. The third-order valence-corrected chi connectivity index (χ3v) is 8.05. The van der Waals surface area contributed by atoms with Crippen LogP contribution in [0.15, 0.2) is 24.5 Å². The van der Waals surface area contributed by atoms with Crippen LogP contribution in [0.25, 0.3) is 16.9 Å². The summed E-state index contributed by atoms with van der Waals surface area (Å²) >= 11 is 0. The number of fused-ring (bicyclic) bond motifs is 1. The zero-order valence-corrected chi connectivity index (χ0v) is 19.3. The molecule has 3 aromatic heterocycles. The number of aliphatic hydroxyl groups excluding tert-OH is 1. The fraction of sp³-hybridized carbons (Fsp3) is 0.476. The van der Waals surface area contributed by atoms with E-state index in [4.69, 9.17) is 5.73 Å². The van der Waals surface area contributed by atoms with Crippen molar-refractivity contribution in [3.05, 3.63) is 41.7 Å². The molecule has 35 heavy (non-hydrogen) atoms. The van der Waals surface area contributed by atoms with E-state index in [1.165, 1.54) is 4.31 Å². The van der Waals surface area contributed by atoms with Gasteiger partial charge in [-0.05, 0) is 37.3 Å². The molecule has 0 bridgehead atoms. The summed E-state index contributed by atoms with van der Waals surface area (Å²) in [5.41, 5.74) is 5.29. The molecule has 1 atom stereocenters. The van der Waals surface area contributed by atoms with Crippen LogP contribution in [-0.2, 0) is 16.4 Å². The zero-order chi connectivity index (χ0) is 25.3. The van der Waals surface area contributed by atoms with Gasteiger partial charge in [0.15, 0.2) is 11.6 Å². The molecule has 1 saturated heterocycles. The molecule has 1 aliphatic carbocycles. The van der Waals surface area contributed by atoms with E-state index in [1.54, 1.807) is 0 Å². The number of hydrogen-bond acceptors (Lipinski definition) is 7. The van der Waals surface area contributed by atoms with E-state index in [-0.39, 0.29) is 33.7 Å². The van der Waals surface area contributed by atoms with E-state index >= 15 is 0 Å². The Morgan fingerprint density at radius 1 is 1.11 bits per heavy atom. The number of nitrogen functional groups attached to an aromatic ring is 1. The van der Waals surface area contributed by atoms with Gasteiger partial charge in [-0.2, -0.15) is 4.31 Å². The van der Waals surface area contributed by atoms with Crippen LogP contribution in [0.4, 0.5) is 23.5 Å². The van der Waals surface area contributed by atoms with Gasteiger partial charge in [-0.15, -0.1) is 5.10 Å². The van der Waals surface area contributed by atoms with Gasteiger partial charge in [0.2, 0.25) is 22.4 Å². The summed E-state index contributed by atoms with van der Waals surface area (Å²) in [6.45, 7) is 0.898. The van der Waals surface area contributed by atoms with Gasteiger partial charge in [0.05, 0.1) is 23.2 Å². The van der Waals surface area contributed by atoms with Crippen LogP contribution in [0.3, 0.4) is 0 Å². The Bertz CT molecular complexity index is 1320. The summed E-state index contributed by atoms with van der Waals surface area (Å²) in [5.74, 6) is -1.65. The van der Waals surface area contributed by atoms with Gasteiger partial charge in [-0.25, -0.2) is 35.5 Å². The number of aromatic nitrogens is 4. The van der Waals surface area contributed by atoms with Crippen molar-refractivity contribution >= 4 is 21.5 Å². The van der Waals surface area contributed by atoms with Gasteiger partial charge in [-0.3, -0.25) is 4.98 Å². The lowest BCUT2D eigenvalue weighted by molar-refractivity contribution is 0.108. The van der Waals surface area contributed by atoms with Crippen LogP contribution >= 0.6 is 0 Å². The van der Waals surface area contributed by atoms with E-state index in [0.717, 1.165) is 54.7 Å². The normalized spacial score (nSPS) is 19.1. The van der Waals surface area contributed by atoms with E-state index in [2.05, 4.69) is 15.1 Å². The van der Waals surface area contributed by atoms with Crippen molar-refractivity contribution < 1.29 is 31.1 Å². The number of alkyl halides is 2. The van der Waals surface area contributed by atoms with Gasteiger partial charge in [0.25, 0.3) is 0 Å². The number of anilines is 1. The number of halogens is 4. The zero-order valence-electron chi connectivity index (χ0n) is 18.5. The third-order valence-electron chi connectivity index (χ3n) is 5.68. The highest BCUT2D eigenvalue weighted by atomic mass is 32.2. The molecular formula is C21H24F4N6O3S. The van der Waals surface area contributed by atoms with Crippen LogP contribution < -0.4 is 5.73 Å². The van der Waals surface area contributed by atoms with Gasteiger partial charge in [0, 0.05) is 31.8 Å². The molecule has 14 heteroatoms. The molecule has 3 aromatic rings. The predicted molar refractivity (Wildman–Crippen MR) is 119 cm³/mol. The van der Waals surface area contributed by atoms with Crippen molar-refractivity contribution in [3.8, 4) is 11.4 Å². The molecular weight excluding hydrogens is 492 g/mol. The number of pyridine rings is 1. The Labute approximate surface area is 198 Å². The van der Waals surface area contributed by atoms with Crippen molar-refractivity contribution in [1.29, 1.82) is 0 Å². The van der Waals surface area contributed by atoms with Gasteiger partial charge in [-0.1, -0.05) is 0 Å². The second-order valence-electron chi connectivity index (χ2n) is 8.46. The minimum atomic E-state index is -3.05. The second kappa shape index (κ2) is 10.0. The Morgan fingerprint density at radius 3 is 2.49 bits per heavy atom. The molecule has 0 radical (unpaired) electrons. The summed E-state index contributed by atoms with van der Waals surface area (Å²) in [5, 5.41) is 13.0. The third kappa shape index (κ3) is 5.70. The molecule has 0 spiro atoms. The maximum Gasteiger partial charge on any atom is 0.242 e. The van der Waals surface area contributed by atoms with Crippen LogP contribution in [0.5, 0.6) is 0 Å². The van der Waals surface area contributed by atoms with E-state index in [9.17, 15) is 31.1 Å². The summed E-state index contributed by atoms with van der Waals surface area (Å²) in [7, 11) is -3.05. The first-order chi connectivity index (χ1) is 16.6. The first-order valence-corrected chi connectivity index (χ1v) is 12.5. The number of sulfonamides is 1. The lowest BCUT2D eigenvalue weighted by atomic mass is 10.1. The van der Waals surface area contributed by atoms with Gasteiger partial charge < -0.3 is 10.8 Å². The van der Waals surface area contributed by atoms with Crippen molar-refractivity contribution in [3.63, 3.8) is 0 Å². The number of piperidine rings is 1. The van der Waals surface area contributed by atoms with E-state index < -0.39 is 40.6 Å². The first-order valence-electron chi connectivity index (χ1n) is 11.0. The van der Waals surface area contributed by atoms with Crippen LogP contribution in [0.1, 0.15) is 31.2 Å². The summed E-state index contributed by atoms with van der Waals surface area (Å²) < 4.78 is 78.5. The predicted octanol–water partition coefficient (Wildman–Crippen LogP) is 2.39. The van der Waals surface area contributed by atoms with Crippen molar-refractivity contribution in [2.45, 2.75) is 49.9 Å². The Kier molecular flexibility index (Phi) is 7.24. The molecule has 5 rings (SSSR count). The average molecular weight is 517 g/mol. The highest BCUT2D eigenvalue weighted by Gasteiger charge is 2.41. The number of nitrogens with two attached hydrogens (primary N) is 1. The monoisotopic (exact) mass is 516 g/mol. The topological polar surface area (TPSA) is 127 Å². The SMILES string of the molecule is Nc1ncc2c(F)cc(-c3ncc(CC(F)F)cc3F)n2n1.O=S(=O)(C1CC1)N1CCCC(O)C1. The highest BCUT2D eigenvalue weighted by Crippen LogP contribution is 2.32. The second-order valence-corrected chi connectivity index (χ2v) is 10.7. The number of β-amino-alcohol motifs (C(OH)–C–C–N with tert-alkyl or cyclic N) is 1. The molecule has 2 fully saturated rings. The van der Waals surface area contributed by atoms with Crippen molar-refractivity contribution in [2.24, 2.45) is 0 Å². The first kappa shape index (κ1) is 25.3. The maximum absolute atomic E-state index is 14.1. The Morgan fingerprint density at radius 2 is 1.86 bits per heavy atom. The number of rotatable bonds is 5. The number of nitrogens with zero attached hydrogens (tertiary/aromatic N) is 5. The van der Waals surface area contributed by atoms with Gasteiger partial charge >= 0.3 is 0 Å². The van der Waals surface area contributed by atoms with Gasteiger partial charge in [0.1, 0.15) is 11.2 Å². The smallest absolute Gasteiger partial charge is 0.242 e. The fourth-order valence-corrected chi connectivity index (χ4v) is 5.74. The number of aliphatic hydroxyl groups is 1. The van der Waals surface area contributed by atoms with Crippen LogP contribution in [0.2, 0.25) is 0 Å². The van der Waals surface area contributed by atoms with E-state index in [0.29, 0.717) is 13.1 Å². The molecule has 2 aliphatic rings. The van der Waals surface area contributed by atoms with E-state index in [1.807, 2.05) is 0 Å². The number of hydrogen-bond donors (Lipinski definition) is 2. The highest BCUT2D eigenvalue weighted by molar-refractivity contribution is 7.90. The molecule has 3 N–H and O–H groups in total. The Hall–Kier alpha value is -2.84. The summed E-state index contributed by atoms with van der Waals surface area (Å²) in [6.07, 6.45) is 1.72. The summed E-state index contributed by atoms with van der Waals surface area (Å²) in [6, 6.07) is 1.97. The van der Waals surface area contributed by atoms with Crippen molar-refractivity contribution in [2.75, 3.05) is 18.8 Å². The van der Waals surface area contributed by atoms with Crippen molar-refractivity contribution in [1.82, 2.24) is 23.9 Å². The Balaban J connectivity index is 0.000000189. The molecule has 190 valence electrons. The molecule has 1 aliphatic heterocycles. The quantitative estimate of drug-likeness (QED) is 0.499. The van der Waals surface area contributed by atoms with Crippen LogP contribution in [-0.4, -0.2) is 68.3 Å². The molecule has 0 aromatic carbocycles. The fourth-order valence-electron chi connectivity index (χ4n) is 3.82. The lowest BCUT2D eigenvalue weighted by Gasteiger charge is -2.29. The molecule has 1 unspecified atom stereocenters. The maximum atomic E-state index is 14.1.